The molecule has 112 valence electrons. The van der Waals surface area contributed by atoms with Gasteiger partial charge < -0.3 is 10.5 Å². The van der Waals surface area contributed by atoms with Gasteiger partial charge in [0.05, 0.1) is 6.61 Å². The number of ether oxygens (including phenoxy) is 1. The molecule has 1 aromatic carbocycles. The number of halogens is 1. The summed E-state index contributed by atoms with van der Waals surface area (Å²) >= 11 is 6.03. The van der Waals surface area contributed by atoms with Gasteiger partial charge in [-0.05, 0) is 24.0 Å². The lowest BCUT2D eigenvalue weighted by molar-refractivity contribution is -0.146. The summed E-state index contributed by atoms with van der Waals surface area (Å²) < 4.78 is 5.34. The van der Waals surface area contributed by atoms with E-state index in [0.717, 1.165) is 25.7 Å². The second-order valence-electron chi connectivity index (χ2n) is 5.05. The highest BCUT2D eigenvalue weighted by atomic mass is 35.5. The third kappa shape index (κ3) is 5.14. The average Bonchev–Trinajstić information content (AvgIpc) is 2.47. The average molecular weight is 298 g/mol. The van der Waals surface area contributed by atoms with Gasteiger partial charge in [-0.3, -0.25) is 0 Å². The Bertz CT molecular complexity index is 423. The third-order valence-electron chi connectivity index (χ3n) is 3.50. The molecule has 4 heteroatoms. The maximum atomic E-state index is 12.0. The molecule has 2 N–H and O–H groups in total. The van der Waals surface area contributed by atoms with Crippen LogP contribution in [0.25, 0.3) is 0 Å². The summed E-state index contributed by atoms with van der Waals surface area (Å²) in [4.78, 5) is 12.0. The van der Waals surface area contributed by atoms with Crippen molar-refractivity contribution in [3.05, 3.63) is 34.9 Å². The van der Waals surface area contributed by atoms with Crippen molar-refractivity contribution < 1.29 is 9.53 Å². The molecule has 0 aliphatic heterocycles. The fourth-order valence-corrected chi connectivity index (χ4v) is 2.30. The van der Waals surface area contributed by atoms with Crippen LogP contribution in [-0.4, -0.2) is 12.6 Å². The van der Waals surface area contributed by atoms with E-state index in [2.05, 4.69) is 13.8 Å². The van der Waals surface area contributed by atoms with E-state index in [1.165, 1.54) is 0 Å². The van der Waals surface area contributed by atoms with Crippen molar-refractivity contribution >= 4 is 17.6 Å². The van der Waals surface area contributed by atoms with Crippen molar-refractivity contribution in [3.8, 4) is 0 Å². The number of esters is 1. The number of carbonyl (C=O) groups excluding carboxylic acids is 1. The third-order valence-corrected chi connectivity index (χ3v) is 3.84. The smallest absolute Gasteiger partial charge is 0.327 e. The molecule has 0 saturated carbocycles. The van der Waals surface area contributed by atoms with Crippen LogP contribution in [-0.2, 0) is 9.53 Å². The molecule has 0 heterocycles. The molecule has 0 amide bonds. The summed E-state index contributed by atoms with van der Waals surface area (Å²) in [5, 5.41) is 0.495. The fraction of sp³-hybridized carbons (Fsp3) is 0.562. The Balaban J connectivity index is 2.52. The van der Waals surface area contributed by atoms with Crippen molar-refractivity contribution in [2.75, 3.05) is 6.61 Å². The zero-order valence-electron chi connectivity index (χ0n) is 12.3. The van der Waals surface area contributed by atoms with Crippen molar-refractivity contribution in [1.29, 1.82) is 0 Å². The van der Waals surface area contributed by atoms with Crippen molar-refractivity contribution in [2.24, 2.45) is 11.7 Å². The van der Waals surface area contributed by atoms with Crippen molar-refractivity contribution in [1.82, 2.24) is 0 Å². The number of hydrogen-bond acceptors (Lipinski definition) is 3. The normalized spacial score (nSPS) is 13.8. The summed E-state index contributed by atoms with van der Waals surface area (Å²) in [7, 11) is 0. The van der Waals surface area contributed by atoms with E-state index in [4.69, 9.17) is 22.1 Å². The van der Waals surface area contributed by atoms with Crippen molar-refractivity contribution in [2.45, 2.75) is 45.6 Å². The van der Waals surface area contributed by atoms with Gasteiger partial charge >= 0.3 is 5.97 Å². The van der Waals surface area contributed by atoms with Crippen LogP contribution in [0.4, 0.5) is 0 Å². The molecule has 20 heavy (non-hydrogen) atoms. The first kappa shape index (κ1) is 17.0. The van der Waals surface area contributed by atoms with E-state index in [9.17, 15) is 4.79 Å². The number of benzene rings is 1. The Kier molecular flexibility index (Phi) is 7.63. The molecule has 1 rings (SSSR count). The standard InChI is InChI=1S/C16H24ClNO2/c1-3-5-8-12(4-2)11-20-16(19)15(18)13-9-6-7-10-14(13)17/h6-7,9-10,12,15H,3-5,8,11,18H2,1-2H3/t12?,15-/m1/s1. The molecule has 0 saturated heterocycles. The highest BCUT2D eigenvalue weighted by Gasteiger charge is 2.20. The molecule has 0 aliphatic rings. The predicted molar refractivity (Wildman–Crippen MR) is 82.6 cm³/mol. The predicted octanol–water partition coefficient (Wildman–Crippen LogP) is 4.10. The second kappa shape index (κ2) is 8.98. The fourth-order valence-electron chi connectivity index (χ4n) is 2.04. The molecule has 0 radical (unpaired) electrons. The highest BCUT2D eigenvalue weighted by Crippen LogP contribution is 2.22. The first-order chi connectivity index (χ1) is 9.60. The van der Waals surface area contributed by atoms with Gasteiger partial charge in [0.15, 0.2) is 0 Å². The van der Waals surface area contributed by atoms with Crippen molar-refractivity contribution in [3.63, 3.8) is 0 Å². The maximum Gasteiger partial charge on any atom is 0.327 e. The van der Waals surface area contributed by atoms with Crippen LogP contribution in [0.2, 0.25) is 5.02 Å². The number of nitrogens with two attached hydrogens (primary N) is 1. The minimum Gasteiger partial charge on any atom is -0.464 e. The van der Waals surface area contributed by atoms with E-state index >= 15 is 0 Å². The molecule has 2 atom stereocenters. The molecular weight excluding hydrogens is 274 g/mol. The van der Waals surface area contributed by atoms with Gasteiger partial charge in [0.25, 0.3) is 0 Å². The van der Waals surface area contributed by atoms with Gasteiger partial charge in [0, 0.05) is 5.02 Å². The molecule has 1 aromatic rings. The lowest BCUT2D eigenvalue weighted by Gasteiger charge is -2.17. The van der Waals surface area contributed by atoms with E-state index in [-0.39, 0.29) is 0 Å². The van der Waals surface area contributed by atoms with Crippen LogP contribution in [0.5, 0.6) is 0 Å². The number of hydrogen-bond donors (Lipinski definition) is 1. The van der Waals surface area contributed by atoms with Crippen LogP contribution in [0, 0.1) is 5.92 Å². The van der Waals surface area contributed by atoms with Gasteiger partial charge in [-0.2, -0.15) is 0 Å². The van der Waals surface area contributed by atoms with E-state index in [0.29, 0.717) is 23.1 Å². The van der Waals surface area contributed by atoms with E-state index in [1.807, 2.05) is 12.1 Å². The van der Waals surface area contributed by atoms with Crippen LogP contribution in [0.3, 0.4) is 0 Å². The Morgan fingerprint density at radius 2 is 2.05 bits per heavy atom. The number of carbonyl (C=O) groups is 1. The summed E-state index contributed by atoms with van der Waals surface area (Å²) in [5.74, 6) is 0.00499. The number of rotatable bonds is 8. The van der Waals surface area contributed by atoms with Gasteiger partial charge in [0.1, 0.15) is 6.04 Å². The van der Waals surface area contributed by atoms with E-state index < -0.39 is 12.0 Å². The molecule has 0 bridgehead atoms. The van der Waals surface area contributed by atoms with Gasteiger partial charge in [-0.25, -0.2) is 4.79 Å². The van der Waals surface area contributed by atoms with E-state index in [1.54, 1.807) is 12.1 Å². The largest absolute Gasteiger partial charge is 0.464 e. The summed E-state index contributed by atoms with van der Waals surface area (Å²) in [5.41, 5.74) is 6.52. The topological polar surface area (TPSA) is 52.3 Å². The maximum absolute atomic E-state index is 12.0. The lowest BCUT2D eigenvalue weighted by Crippen LogP contribution is -2.26. The molecule has 3 nitrogen and oxygen atoms in total. The molecule has 0 aliphatic carbocycles. The minimum atomic E-state index is -0.813. The Morgan fingerprint density at radius 3 is 2.65 bits per heavy atom. The second-order valence-corrected chi connectivity index (χ2v) is 5.45. The summed E-state index contributed by atoms with van der Waals surface area (Å²) in [6.07, 6.45) is 4.41. The molecular formula is C16H24ClNO2. The lowest BCUT2D eigenvalue weighted by atomic mass is 10.0. The first-order valence-corrected chi connectivity index (χ1v) is 7.64. The van der Waals surface area contributed by atoms with Gasteiger partial charge in [-0.15, -0.1) is 0 Å². The van der Waals surface area contributed by atoms with Gasteiger partial charge in [0.2, 0.25) is 0 Å². The van der Waals surface area contributed by atoms with Crippen LogP contribution >= 0.6 is 11.6 Å². The summed E-state index contributed by atoms with van der Waals surface area (Å²) in [6, 6.07) is 6.28. The minimum absolute atomic E-state index is 0.409. The SMILES string of the molecule is CCCCC(CC)COC(=O)[C@H](N)c1ccccc1Cl. The van der Waals surface area contributed by atoms with Crippen LogP contribution in [0.1, 0.15) is 51.1 Å². The zero-order chi connectivity index (χ0) is 15.0. The molecule has 0 fully saturated rings. The molecule has 0 spiro atoms. The van der Waals surface area contributed by atoms with Crippen LogP contribution < -0.4 is 5.73 Å². The zero-order valence-corrected chi connectivity index (χ0v) is 13.0. The highest BCUT2D eigenvalue weighted by molar-refractivity contribution is 6.31. The Labute approximate surface area is 126 Å². The van der Waals surface area contributed by atoms with Crippen LogP contribution in [0.15, 0.2) is 24.3 Å². The molecule has 1 unspecified atom stereocenters. The van der Waals surface area contributed by atoms with Gasteiger partial charge in [-0.1, -0.05) is 62.9 Å². The Hall–Kier alpha value is -1.06. The Morgan fingerprint density at radius 1 is 1.35 bits per heavy atom. The molecule has 0 aromatic heterocycles. The number of unbranched alkanes of at least 4 members (excludes halogenated alkanes) is 1. The summed E-state index contributed by atoms with van der Waals surface area (Å²) in [6.45, 7) is 4.71. The first-order valence-electron chi connectivity index (χ1n) is 7.26. The quantitative estimate of drug-likeness (QED) is 0.735. The monoisotopic (exact) mass is 297 g/mol.